The van der Waals surface area contributed by atoms with Gasteiger partial charge in [-0.05, 0) is 39.1 Å². The zero-order chi connectivity index (χ0) is 23.4. The number of hydrogen-bond donors (Lipinski definition) is 1. The third kappa shape index (κ3) is 21.0. The summed E-state index contributed by atoms with van der Waals surface area (Å²) in [5.74, 6) is -0.783. The average molecular weight is 447 g/mol. The Morgan fingerprint density at radius 3 is 2.06 bits per heavy atom. The molecule has 0 spiro atoms. The first-order valence-electron chi connectivity index (χ1n) is 10.7. The molecule has 1 amide bonds. The summed E-state index contributed by atoms with van der Waals surface area (Å²) in [7, 11) is 0. The highest BCUT2D eigenvalue weighted by atomic mass is 16.6. The van der Waals surface area contributed by atoms with Crippen molar-refractivity contribution in [2.75, 3.05) is 59.3 Å². The van der Waals surface area contributed by atoms with Crippen LogP contribution in [0.5, 0.6) is 0 Å². The standard InChI is InChI=1S/C20H38N4O7/c1-20(2,3)31-19(27)24(10-7-5-4-6-8-18(25)26)11-13-29-15-17-30-16-14-28-12-9-22-23-21/h4-17H2,1-3H3,(H,25,26). The number of nitrogens with zero attached hydrogens (tertiary/aromatic N) is 4. The summed E-state index contributed by atoms with van der Waals surface area (Å²) in [5, 5.41) is 12.0. The van der Waals surface area contributed by atoms with Crippen LogP contribution in [-0.2, 0) is 23.7 Å². The Balaban J connectivity index is 3.98. The van der Waals surface area contributed by atoms with Crippen molar-refractivity contribution in [3.05, 3.63) is 10.4 Å². The van der Waals surface area contributed by atoms with Gasteiger partial charge in [-0.1, -0.05) is 18.0 Å². The van der Waals surface area contributed by atoms with Gasteiger partial charge in [0.1, 0.15) is 5.60 Å². The quantitative estimate of drug-likeness (QED) is 0.138. The lowest BCUT2D eigenvalue weighted by Crippen LogP contribution is -2.39. The Labute approximate surface area is 184 Å². The molecule has 1 N–H and O–H groups in total. The maximum Gasteiger partial charge on any atom is 0.410 e. The Morgan fingerprint density at radius 1 is 0.903 bits per heavy atom. The Morgan fingerprint density at radius 2 is 1.48 bits per heavy atom. The smallest absolute Gasteiger partial charge is 0.410 e. The topological polar surface area (TPSA) is 143 Å². The van der Waals surface area contributed by atoms with Crippen LogP contribution in [0.3, 0.4) is 0 Å². The van der Waals surface area contributed by atoms with Crippen molar-refractivity contribution in [3.8, 4) is 0 Å². The fourth-order valence-corrected chi connectivity index (χ4v) is 2.42. The van der Waals surface area contributed by atoms with Gasteiger partial charge in [-0.2, -0.15) is 0 Å². The molecular weight excluding hydrogens is 408 g/mol. The summed E-state index contributed by atoms with van der Waals surface area (Å²) in [6.07, 6.45) is 2.89. The van der Waals surface area contributed by atoms with E-state index in [0.717, 1.165) is 19.3 Å². The molecule has 0 radical (unpaired) electrons. The number of amides is 1. The molecular formula is C20H38N4O7. The number of carboxylic acid groups (broad SMARTS) is 1. The number of carboxylic acids is 1. The molecule has 0 bridgehead atoms. The van der Waals surface area contributed by atoms with Gasteiger partial charge in [0.05, 0.1) is 39.6 Å². The molecule has 0 aliphatic rings. The number of ether oxygens (including phenoxy) is 4. The highest BCUT2D eigenvalue weighted by Crippen LogP contribution is 2.11. The van der Waals surface area contributed by atoms with Crippen LogP contribution in [0.25, 0.3) is 10.4 Å². The van der Waals surface area contributed by atoms with Crippen molar-refractivity contribution in [1.29, 1.82) is 0 Å². The average Bonchev–Trinajstić information content (AvgIpc) is 2.68. The highest BCUT2D eigenvalue weighted by molar-refractivity contribution is 5.68. The molecule has 0 saturated carbocycles. The van der Waals surface area contributed by atoms with Crippen molar-refractivity contribution >= 4 is 12.1 Å². The predicted octanol–water partition coefficient (Wildman–Crippen LogP) is 3.62. The number of hydrogen-bond acceptors (Lipinski definition) is 7. The molecule has 0 unspecified atom stereocenters. The third-order valence-electron chi connectivity index (χ3n) is 3.87. The van der Waals surface area contributed by atoms with Gasteiger partial charge in [-0.15, -0.1) is 0 Å². The lowest BCUT2D eigenvalue weighted by molar-refractivity contribution is -0.137. The molecule has 0 aromatic rings. The van der Waals surface area contributed by atoms with Gasteiger partial charge >= 0.3 is 12.1 Å². The maximum absolute atomic E-state index is 12.4. The molecule has 0 aromatic carbocycles. The Hall–Kier alpha value is -2.07. The van der Waals surface area contributed by atoms with Gasteiger partial charge in [0.2, 0.25) is 0 Å². The van der Waals surface area contributed by atoms with Crippen LogP contribution in [-0.4, -0.2) is 86.9 Å². The van der Waals surface area contributed by atoms with Crippen molar-refractivity contribution < 1.29 is 33.6 Å². The van der Waals surface area contributed by atoms with Crippen LogP contribution in [0.1, 0.15) is 52.9 Å². The number of unbranched alkanes of at least 4 members (excludes halogenated alkanes) is 3. The number of carbonyl (C=O) groups is 2. The number of carbonyl (C=O) groups excluding carboxylic acids is 1. The minimum atomic E-state index is -0.783. The monoisotopic (exact) mass is 446 g/mol. The molecule has 0 atom stereocenters. The summed E-state index contributed by atoms with van der Waals surface area (Å²) >= 11 is 0. The van der Waals surface area contributed by atoms with Gasteiger partial charge in [0.15, 0.2) is 0 Å². The second-order valence-electron chi connectivity index (χ2n) is 7.82. The minimum Gasteiger partial charge on any atom is -0.481 e. The van der Waals surface area contributed by atoms with Crippen molar-refractivity contribution in [1.82, 2.24) is 4.90 Å². The van der Waals surface area contributed by atoms with Crippen LogP contribution in [0.15, 0.2) is 5.11 Å². The van der Waals surface area contributed by atoms with E-state index in [2.05, 4.69) is 10.0 Å². The van der Waals surface area contributed by atoms with Gasteiger partial charge in [-0.25, -0.2) is 4.79 Å². The molecule has 31 heavy (non-hydrogen) atoms. The molecule has 11 heteroatoms. The molecule has 180 valence electrons. The van der Waals surface area contributed by atoms with E-state index in [-0.39, 0.29) is 12.5 Å². The third-order valence-corrected chi connectivity index (χ3v) is 3.87. The summed E-state index contributed by atoms with van der Waals surface area (Å²) in [6, 6.07) is 0. The SMILES string of the molecule is CC(C)(C)OC(=O)N(CCCCCCC(=O)O)CCOCCOCCOCCN=[N+]=[N-]. The first kappa shape index (κ1) is 28.9. The lowest BCUT2D eigenvalue weighted by Gasteiger charge is -2.27. The van der Waals surface area contributed by atoms with Crippen LogP contribution >= 0.6 is 0 Å². The molecule has 11 nitrogen and oxygen atoms in total. The number of azide groups is 1. The van der Waals surface area contributed by atoms with Crippen molar-refractivity contribution in [2.24, 2.45) is 5.11 Å². The van der Waals surface area contributed by atoms with E-state index in [0.29, 0.717) is 65.7 Å². The second kappa shape index (κ2) is 18.7. The zero-order valence-electron chi connectivity index (χ0n) is 19.1. The summed E-state index contributed by atoms with van der Waals surface area (Å²) < 4.78 is 21.6. The van der Waals surface area contributed by atoms with Gasteiger partial charge in [-0.3, -0.25) is 4.79 Å². The maximum atomic E-state index is 12.4. The predicted molar refractivity (Wildman–Crippen MR) is 115 cm³/mol. The van der Waals surface area contributed by atoms with Gasteiger partial charge in [0.25, 0.3) is 0 Å². The largest absolute Gasteiger partial charge is 0.481 e. The number of aliphatic carboxylic acids is 1. The highest BCUT2D eigenvalue weighted by Gasteiger charge is 2.21. The van der Waals surface area contributed by atoms with E-state index in [1.807, 2.05) is 20.8 Å². The van der Waals surface area contributed by atoms with Crippen LogP contribution in [0.4, 0.5) is 4.79 Å². The molecule has 0 saturated heterocycles. The van der Waals surface area contributed by atoms with E-state index in [4.69, 9.17) is 29.6 Å². The minimum absolute atomic E-state index is 0.174. The summed E-state index contributed by atoms with van der Waals surface area (Å²) in [5.41, 5.74) is 7.56. The summed E-state index contributed by atoms with van der Waals surface area (Å²) in [4.78, 5) is 27.2. The first-order valence-corrected chi connectivity index (χ1v) is 10.7. The molecule has 0 aromatic heterocycles. The normalized spacial score (nSPS) is 11.1. The van der Waals surface area contributed by atoms with E-state index >= 15 is 0 Å². The second-order valence-corrected chi connectivity index (χ2v) is 7.82. The fraction of sp³-hybridized carbons (Fsp3) is 0.900. The van der Waals surface area contributed by atoms with E-state index in [1.165, 1.54) is 0 Å². The molecule has 0 aliphatic heterocycles. The van der Waals surface area contributed by atoms with Crippen molar-refractivity contribution in [2.45, 2.75) is 58.5 Å². The lowest BCUT2D eigenvalue weighted by atomic mass is 10.1. The molecule has 0 heterocycles. The van der Waals surface area contributed by atoms with Crippen LogP contribution in [0.2, 0.25) is 0 Å². The van der Waals surface area contributed by atoms with Gasteiger partial charge in [0, 0.05) is 31.0 Å². The Kier molecular flexibility index (Phi) is 17.4. The molecule has 0 aliphatic carbocycles. The zero-order valence-corrected chi connectivity index (χ0v) is 19.1. The molecule has 0 rings (SSSR count). The molecule has 0 fully saturated rings. The summed E-state index contributed by atoms with van der Waals surface area (Å²) in [6.45, 7) is 9.10. The van der Waals surface area contributed by atoms with Crippen molar-refractivity contribution in [3.63, 3.8) is 0 Å². The first-order chi connectivity index (χ1) is 14.8. The van der Waals surface area contributed by atoms with Crippen LogP contribution < -0.4 is 0 Å². The Bertz CT molecular complexity index is 534. The van der Waals surface area contributed by atoms with Gasteiger partial charge < -0.3 is 29.0 Å². The van der Waals surface area contributed by atoms with Crippen LogP contribution in [0, 0.1) is 0 Å². The van der Waals surface area contributed by atoms with E-state index < -0.39 is 11.6 Å². The van der Waals surface area contributed by atoms with E-state index in [9.17, 15) is 9.59 Å². The fourth-order valence-electron chi connectivity index (χ4n) is 2.42. The van der Waals surface area contributed by atoms with E-state index in [1.54, 1.807) is 4.90 Å². The number of rotatable bonds is 19.